The fourth-order valence-corrected chi connectivity index (χ4v) is 3.75. The molecule has 156 valence electrons. The van der Waals surface area contributed by atoms with Crippen LogP contribution in [0.1, 0.15) is 22.7 Å². The van der Waals surface area contributed by atoms with E-state index in [1.165, 1.54) is 30.2 Å². The van der Waals surface area contributed by atoms with Gasteiger partial charge in [-0.05, 0) is 35.9 Å². The largest absolute Gasteiger partial charge is 0.507 e. The summed E-state index contributed by atoms with van der Waals surface area (Å²) in [6, 6.07) is 20.5. The van der Waals surface area contributed by atoms with Gasteiger partial charge in [-0.2, -0.15) is 0 Å². The third-order valence-corrected chi connectivity index (χ3v) is 5.30. The van der Waals surface area contributed by atoms with Crippen molar-refractivity contribution in [3.63, 3.8) is 0 Å². The zero-order valence-electron chi connectivity index (χ0n) is 16.8. The van der Waals surface area contributed by atoms with Crippen molar-refractivity contribution in [2.45, 2.75) is 12.6 Å². The Morgan fingerprint density at radius 1 is 0.968 bits per heavy atom. The molecule has 4 rings (SSSR count). The highest BCUT2D eigenvalue weighted by Gasteiger charge is 2.46. The highest BCUT2D eigenvalue weighted by molar-refractivity contribution is 6.46. The number of carbonyl (C=O) groups is 2. The average Bonchev–Trinajstić information content (AvgIpc) is 3.04. The van der Waals surface area contributed by atoms with E-state index in [9.17, 15) is 19.1 Å². The van der Waals surface area contributed by atoms with Crippen molar-refractivity contribution >= 4 is 17.4 Å². The predicted molar refractivity (Wildman–Crippen MR) is 114 cm³/mol. The van der Waals surface area contributed by atoms with Crippen LogP contribution < -0.4 is 4.74 Å². The molecule has 0 bridgehead atoms. The zero-order valence-corrected chi connectivity index (χ0v) is 16.8. The van der Waals surface area contributed by atoms with Crippen LogP contribution >= 0.6 is 0 Å². The quantitative estimate of drug-likeness (QED) is 0.378. The summed E-state index contributed by atoms with van der Waals surface area (Å²) in [6.45, 7) is 0.101. The predicted octanol–water partition coefficient (Wildman–Crippen LogP) is 4.46. The van der Waals surface area contributed by atoms with Gasteiger partial charge in [0.15, 0.2) is 0 Å². The molecule has 0 saturated carbocycles. The Morgan fingerprint density at radius 2 is 1.61 bits per heavy atom. The minimum atomic E-state index is -1.05. The SMILES string of the molecule is COc1ccc(C(O)=C2C(=O)C(=O)N(Cc3ccccc3)C2c2ccccc2F)cc1. The van der Waals surface area contributed by atoms with E-state index in [1.807, 2.05) is 30.3 Å². The van der Waals surface area contributed by atoms with Crippen LogP contribution in [0.15, 0.2) is 84.4 Å². The number of methoxy groups -OCH3 is 1. The molecule has 0 aromatic heterocycles. The Hall–Kier alpha value is -3.93. The fraction of sp³-hybridized carbons (Fsp3) is 0.120. The normalized spacial score (nSPS) is 17.7. The van der Waals surface area contributed by atoms with Gasteiger partial charge in [0, 0.05) is 17.7 Å². The molecule has 1 aliphatic rings. The molecular formula is C25H20FNO4. The highest BCUT2D eigenvalue weighted by Crippen LogP contribution is 2.41. The van der Waals surface area contributed by atoms with Gasteiger partial charge in [0.2, 0.25) is 0 Å². The highest BCUT2D eigenvalue weighted by atomic mass is 19.1. The topological polar surface area (TPSA) is 66.8 Å². The second-order valence-corrected chi connectivity index (χ2v) is 7.16. The maximum atomic E-state index is 14.8. The molecule has 1 atom stereocenters. The average molecular weight is 417 g/mol. The molecule has 3 aromatic rings. The van der Waals surface area contributed by atoms with Gasteiger partial charge in [0.1, 0.15) is 17.3 Å². The molecule has 1 fully saturated rings. The van der Waals surface area contributed by atoms with E-state index in [2.05, 4.69) is 0 Å². The maximum absolute atomic E-state index is 14.8. The number of Topliss-reactive ketones (excluding diaryl/α,β-unsaturated/α-hetero) is 1. The molecule has 1 heterocycles. The number of rotatable bonds is 5. The number of ketones is 1. The summed E-state index contributed by atoms with van der Waals surface area (Å²) in [6.07, 6.45) is 0. The van der Waals surface area contributed by atoms with E-state index in [4.69, 9.17) is 4.74 Å². The summed E-state index contributed by atoms with van der Waals surface area (Å²) >= 11 is 0. The number of hydrogen-bond acceptors (Lipinski definition) is 4. The summed E-state index contributed by atoms with van der Waals surface area (Å²) in [5, 5.41) is 11.0. The second kappa shape index (κ2) is 8.44. The van der Waals surface area contributed by atoms with Crippen molar-refractivity contribution in [3.8, 4) is 5.75 Å². The minimum absolute atomic E-state index is 0.101. The van der Waals surface area contributed by atoms with Crippen LogP contribution in [0.25, 0.3) is 5.76 Å². The minimum Gasteiger partial charge on any atom is -0.507 e. The first kappa shape index (κ1) is 20.3. The molecule has 5 nitrogen and oxygen atoms in total. The Morgan fingerprint density at radius 3 is 2.26 bits per heavy atom. The number of aliphatic hydroxyl groups is 1. The Kier molecular flexibility index (Phi) is 5.54. The van der Waals surface area contributed by atoms with Gasteiger partial charge >= 0.3 is 0 Å². The Bertz CT molecular complexity index is 1160. The van der Waals surface area contributed by atoms with Crippen molar-refractivity contribution in [2.75, 3.05) is 7.11 Å². The summed E-state index contributed by atoms with van der Waals surface area (Å²) in [5.74, 6) is -1.98. The lowest BCUT2D eigenvalue weighted by Gasteiger charge is -2.25. The lowest BCUT2D eigenvalue weighted by atomic mass is 9.94. The first-order valence-corrected chi connectivity index (χ1v) is 9.72. The third kappa shape index (κ3) is 3.80. The summed E-state index contributed by atoms with van der Waals surface area (Å²) in [4.78, 5) is 27.2. The summed E-state index contributed by atoms with van der Waals surface area (Å²) < 4.78 is 19.9. The standard InChI is InChI=1S/C25H20FNO4/c1-31-18-13-11-17(12-14-18)23(28)21-22(19-9-5-6-10-20(19)26)27(25(30)24(21)29)15-16-7-3-2-4-8-16/h2-14,22,28H,15H2,1H3. The molecule has 0 radical (unpaired) electrons. The zero-order chi connectivity index (χ0) is 22.0. The molecular weight excluding hydrogens is 397 g/mol. The van der Waals surface area contributed by atoms with E-state index in [0.717, 1.165) is 5.56 Å². The molecule has 0 aliphatic carbocycles. The molecule has 1 unspecified atom stereocenters. The molecule has 1 amide bonds. The number of nitrogens with zero attached hydrogens (tertiary/aromatic N) is 1. The number of aliphatic hydroxyl groups excluding tert-OH is 1. The molecule has 1 saturated heterocycles. The maximum Gasteiger partial charge on any atom is 0.295 e. The number of benzene rings is 3. The van der Waals surface area contributed by atoms with Gasteiger partial charge in [0.25, 0.3) is 11.7 Å². The number of amides is 1. The van der Waals surface area contributed by atoms with Crippen molar-refractivity contribution < 1.29 is 23.8 Å². The van der Waals surface area contributed by atoms with E-state index < -0.39 is 23.5 Å². The van der Waals surface area contributed by atoms with Gasteiger partial charge in [-0.3, -0.25) is 9.59 Å². The second-order valence-electron chi connectivity index (χ2n) is 7.16. The first-order chi connectivity index (χ1) is 15.0. The Balaban J connectivity index is 1.86. The molecule has 1 N–H and O–H groups in total. The molecule has 1 aliphatic heterocycles. The number of ether oxygens (including phenoxy) is 1. The molecule has 31 heavy (non-hydrogen) atoms. The molecule has 6 heteroatoms. The molecule has 0 spiro atoms. The van der Waals surface area contributed by atoms with Crippen molar-refractivity contribution in [1.29, 1.82) is 0 Å². The van der Waals surface area contributed by atoms with Crippen LogP contribution in [0.2, 0.25) is 0 Å². The lowest BCUT2D eigenvalue weighted by Crippen LogP contribution is -2.29. The van der Waals surface area contributed by atoms with Crippen LogP contribution in [0, 0.1) is 5.82 Å². The fourth-order valence-electron chi connectivity index (χ4n) is 3.75. The van der Waals surface area contributed by atoms with Gasteiger partial charge in [-0.25, -0.2) is 4.39 Å². The van der Waals surface area contributed by atoms with Gasteiger partial charge in [0.05, 0.1) is 18.7 Å². The van der Waals surface area contributed by atoms with E-state index in [-0.39, 0.29) is 23.4 Å². The van der Waals surface area contributed by atoms with E-state index in [1.54, 1.807) is 30.3 Å². The van der Waals surface area contributed by atoms with Crippen LogP contribution in [0.5, 0.6) is 5.75 Å². The Labute approximate surface area is 179 Å². The van der Waals surface area contributed by atoms with Crippen molar-refractivity contribution in [2.24, 2.45) is 0 Å². The number of likely N-dealkylation sites (tertiary alicyclic amines) is 1. The number of hydrogen-bond donors (Lipinski definition) is 1. The lowest BCUT2D eigenvalue weighted by molar-refractivity contribution is -0.140. The number of halogens is 1. The summed E-state index contributed by atoms with van der Waals surface area (Å²) in [7, 11) is 1.52. The number of carbonyl (C=O) groups excluding carboxylic acids is 2. The van der Waals surface area contributed by atoms with Crippen LogP contribution in [-0.4, -0.2) is 28.8 Å². The molecule has 3 aromatic carbocycles. The van der Waals surface area contributed by atoms with Gasteiger partial charge in [-0.1, -0.05) is 48.5 Å². The van der Waals surface area contributed by atoms with Crippen molar-refractivity contribution in [1.82, 2.24) is 4.90 Å². The van der Waals surface area contributed by atoms with E-state index in [0.29, 0.717) is 11.3 Å². The van der Waals surface area contributed by atoms with E-state index >= 15 is 0 Å². The monoisotopic (exact) mass is 417 g/mol. The van der Waals surface area contributed by atoms with Crippen LogP contribution in [0.3, 0.4) is 0 Å². The van der Waals surface area contributed by atoms with Gasteiger partial charge in [-0.15, -0.1) is 0 Å². The van der Waals surface area contributed by atoms with Crippen LogP contribution in [-0.2, 0) is 16.1 Å². The summed E-state index contributed by atoms with van der Waals surface area (Å²) in [5.41, 5.74) is 1.12. The third-order valence-electron chi connectivity index (χ3n) is 5.30. The first-order valence-electron chi connectivity index (χ1n) is 9.72. The smallest absolute Gasteiger partial charge is 0.295 e. The van der Waals surface area contributed by atoms with Crippen molar-refractivity contribution in [3.05, 3.63) is 107 Å². The van der Waals surface area contributed by atoms with Gasteiger partial charge < -0.3 is 14.7 Å². The van der Waals surface area contributed by atoms with Crippen LogP contribution in [0.4, 0.5) is 4.39 Å².